The van der Waals surface area contributed by atoms with Crippen LogP contribution >= 0.6 is 0 Å². The normalized spacial score (nSPS) is 16.6. The lowest BCUT2D eigenvalue weighted by atomic mass is 10.2. The van der Waals surface area contributed by atoms with Gasteiger partial charge in [0, 0.05) is 7.05 Å². The summed E-state index contributed by atoms with van der Waals surface area (Å²) >= 11 is 0. The van der Waals surface area contributed by atoms with Crippen LogP contribution in [-0.2, 0) is 9.57 Å². The number of amides is 1. The highest BCUT2D eigenvalue weighted by molar-refractivity contribution is 5.66. The topological polar surface area (TPSA) is 38.8 Å². The minimum absolute atomic E-state index is 0.432. The van der Waals surface area contributed by atoms with Gasteiger partial charge in [-0.1, -0.05) is 0 Å². The molecule has 0 unspecified atom stereocenters. The Balaban J connectivity index is 2.20. The first kappa shape index (κ1) is 11.3. The summed E-state index contributed by atoms with van der Waals surface area (Å²) in [6.45, 7) is 6.12. The van der Waals surface area contributed by atoms with Gasteiger partial charge in [0.2, 0.25) is 0 Å². The van der Waals surface area contributed by atoms with E-state index in [0.29, 0.717) is 12.5 Å². The number of rotatable bonds is 3. The van der Waals surface area contributed by atoms with Gasteiger partial charge in [0.05, 0.1) is 6.61 Å². The fourth-order valence-electron chi connectivity index (χ4n) is 0.881. The Hall–Kier alpha value is -0.770. The van der Waals surface area contributed by atoms with Crippen molar-refractivity contribution in [3.8, 4) is 0 Å². The SMILES string of the molecule is CN(OCC1CC1)C(=O)OC(C)(C)C. The van der Waals surface area contributed by atoms with Gasteiger partial charge in [-0.2, -0.15) is 5.06 Å². The molecule has 0 atom stereocenters. The molecule has 1 aliphatic carbocycles. The quantitative estimate of drug-likeness (QED) is 0.657. The third kappa shape index (κ3) is 4.46. The van der Waals surface area contributed by atoms with Crippen molar-refractivity contribution in [2.24, 2.45) is 5.92 Å². The van der Waals surface area contributed by atoms with Gasteiger partial charge < -0.3 is 4.74 Å². The number of hydrogen-bond donors (Lipinski definition) is 0. The van der Waals surface area contributed by atoms with E-state index in [4.69, 9.17) is 9.57 Å². The molecule has 1 rings (SSSR count). The van der Waals surface area contributed by atoms with Crippen LogP contribution in [0, 0.1) is 5.92 Å². The lowest BCUT2D eigenvalue weighted by Crippen LogP contribution is -2.34. The predicted molar refractivity (Wildman–Crippen MR) is 52.7 cm³/mol. The highest BCUT2D eigenvalue weighted by Crippen LogP contribution is 2.29. The molecule has 0 bridgehead atoms. The second-order valence-electron chi connectivity index (χ2n) is 4.72. The summed E-state index contributed by atoms with van der Waals surface area (Å²) in [6.07, 6.45) is 1.99. The Bertz CT molecular complexity index is 206. The molecule has 0 heterocycles. The van der Waals surface area contributed by atoms with Gasteiger partial charge in [0.25, 0.3) is 0 Å². The van der Waals surface area contributed by atoms with E-state index < -0.39 is 11.7 Å². The van der Waals surface area contributed by atoms with Gasteiger partial charge in [-0.25, -0.2) is 4.79 Å². The summed E-state index contributed by atoms with van der Waals surface area (Å²) in [5.74, 6) is 0.639. The Morgan fingerprint density at radius 3 is 2.43 bits per heavy atom. The molecule has 0 spiro atoms. The zero-order valence-corrected chi connectivity index (χ0v) is 9.37. The molecule has 1 amide bonds. The maximum absolute atomic E-state index is 11.4. The van der Waals surface area contributed by atoms with Crippen molar-refractivity contribution in [2.45, 2.75) is 39.2 Å². The summed E-state index contributed by atoms with van der Waals surface area (Å²) in [6, 6.07) is 0. The molecule has 0 aromatic heterocycles. The van der Waals surface area contributed by atoms with Gasteiger partial charge in [-0.15, -0.1) is 0 Å². The standard InChI is InChI=1S/C10H19NO3/c1-10(2,3)14-9(12)11(4)13-7-8-5-6-8/h8H,5-7H2,1-4H3. The predicted octanol–water partition coefficient (Wildman–Crippen LogP) is 2.19. The van der Waals surface area contributed by atoms with Gasteiger partial charge in [0.15, 0.2) is 0 Å². The van der Waals surface area contributed by atoms with Crippen molar-refractivity contribution in [1.29, 1.82) is 0 Å². The number of carbonyl (C=O) groups is 1. The molecule has 0 N–H and O–H groups in total. The van der Waals surface area contributed by atoms with Crippen LogP contribution in [0.15, 0.2) is 0 Å². The van der Waals surface area contributed by atoms with E-state index >= 15 is 0 Å². The first-order valence-corrected chi connectivity index (χ1v) is 4.98. The lowest BCUT2D eigenvalue weighted by molar-refractivity contribution is -0.134. The first-order valence-electron chi connectivity index (χ1n) is 4.98. The summed E-state index contributed by atoms with van der Waals surface area (Å²) in [4.78, 5) is 16.6. The van der Waals surface area contributed by atoms with Crippen LogP contribution in [0.5, 0.6) is 0 Å². The molecule has 4 heteroatoms. The number of nitrogens with zero attached hydrogens (tertiary/aromatic N) is 1. The van der Waals surface area contributed by atoms with E-state index in [1.807, 2.05) is 20.8 Å². The monoisotopic (exact) mass is 201 g/mol. The van der Waals surface area contributed by atoms with Crippen LogP contribution in [0.1, 0.15) is 33.6 Å². The lowest BCUT2D eigenvalue weighted by Gasteiger charge is -2.23. The van der Waals surface area contributed by atoms with E-state index in [9.17, 15) is 4.79 Å². The summed E-state index contributed by atoms with van der Waals surface area (Å²) in [5.41, 5.74) is -0.464. The maximum atomic E-state index is 11.4. The summed E-state index contributed by atoms with van der Waals surface area (Å²) in [5, 5.41) is 1.17. The third-order valence-electron chi connectivity index (χ3n) is 1.85. The molecular formula is C10H19NO3. The zero-order chi connectivity index (χ0) is 10.8. The highest BCUT2D eigenvalue weighted by atomic mass is 16.7. The van der Waals surface area contributed by atoms with Crippen molar-refractivity contribution in [1.82, 2.24) is 5.06 Å². The largest absolute Gasteiger partial charge is 0.442 e. The maximum Gasteiger partial charge on any atom is 0.434 e. The van der Waals surface area contributed by atoms with Crippen LogP contribution in [0.4, 0.5) is 4.79 Å². The number of hydroxylamine groups is 2. The average molecular weight is 201 g/mol. The Morgan fingerprint density at radius 2 is 2.00 bits per heavy atom. The number of carbonyl (C=O) groups excluding carboxylic acids is 1. The minimum atomic E-state index is -0.464. The Morgan fingerprint density at radius 1 is 1.43 bits per heavy atom. The second kappa shape index (κ2) is 4.17. The van der Waals surface area contributed by atoms with Crippen molar-refractivity contribution in [3.05, 3.63) is 0 Å². The van der Waals surface area contributed by atoms with Crippen LogP contribution in [0.3, 0.4) is 0 Å². The number of ether oxygens (including phenoxy) is 1. The molecule has 0 aromatic rings. The number of hydrogen-bond acceptors (Lipinski definition) is 3. The van der Waals surface area contributed by atoms with E-state index in [0.717, 1.165) is 0 Å². The van der Waals surface area contributed by atoms with Crippen LogP contribution in [0.25, 0.3) is 0 Å². The summed E-state index contributed by atoms with van der Waals surface area (Å²) in [7, 11) is 1.58. The van der Waals surface area contributed by atoms with Crippen molar-refractivity contribution >= 4 is 6.09 Å². The van der Waals surface area contributed by atoms with Gasteiger partial charge in [0.1, 0.15) is 5.60 Å². The van der Waals surface area contributed by atoms with Gasteiger partial charge in [-0.3, -0.25) is 4.84 Å². The molecule has 14 heavy (non-hydrogen) atoms. The highest BCUT2D eigenvalue weighted by Gasteiger charge is 2.25. The molecule has 0 saturated heterocycles. The van der Waals surface area contributed by atoms with E-state index in [1.165, 1.54) is 17.9 Å². The molecular weight excluding hydrogens is 182 g/mol. The van der Waals surface area contributed by atoms with Crippen LogP contribution in [0.2, 0.25) is 0 Å². The molecule has 0 aliphatic heterocycles. The Labute approximate surface area is 85.1 Å². The molecule has 4 nitrogen and oxygen atoms in total. The molecule has 0 aromatic carbocycles. The molecule has 1 fully saturated rings. The van der Waals surface area contributed by atoms with E-state index in [2.05, 4.69) is 0 Å². The van der Waals surface area contributed by atoms with E-state index in [1.54, 1.807) is 7.05 Å². The van der Waals surface area contributed by atoms with Gasteiger partial charge in [-0.05, 0) is 39.5 Å². The van der Waals surface area contributed by atoms with E-state index in [-0.39, 0.29) is 0 Å². The molecule has 1 saturated carbocycles. The molecule has 0 radical (unpaired) electrons. The summed E-state index contributed by atoms with van der Waals surface area (Å²) < 4.78 is 5.11. The minimum Gasteiger partial charge on any atom is -0.442 e. The molecule has 1 aliphatic rings. The first-order chi connectivity index (χ1) is 6.38. The second-order valence-corrected chi connectivity index (χ2v) is 4.72. The zero-order valence-electron chi connectivity index (χ0n) is 9.37. The average Bonchev–Trinajstić information content (AvgIpc) is 2.79. The smallest absolute Gasteiger partial charge is 0.434 e. The van der Waals surface area contributed by atoms with Gasteiger partial charge >= 0.3 is 6.09 Å². The van der Waals surface area contributed by atoms with Crippen LogP contribution in [-0.4, -0.2) is 30.4 Å². The third-order valence-corrected chi connectivity index (χ3v) is 1.85. The molecule has 82 valence electrons. The fraction of sp³-hybridized carbons (Fsp3) is 0.900. The fourth-order valence-corrected chi connectivity index (χ4v) is 0.881. The van der Waals surface area contributed by atoms with Crippen molar-refractivity contribution < 1.29 is 14.4 Å². The van der Waals surface area contributed by atoms with Crippen molar-refractivity contribution in [3.63, 3.8) is 0 Å². The van der Waals surface area contributed by atoms with Crippen molar-refractivity contribution in [2.75, 3.05) is 13.7 Å². The Kier molecular flexibility index (Phi) is 3.37. The van der Waals surface area contributed by atoms with Crippen LogP contribution < -0.4 is 0 Å².